The van der Waals surface area contributed by atoms with Gasteiger partial charge in [-0.1, -0.05) is 48.0 Å². The van der Waals surface area contributed by atoms with Crippen LogP contribution in [0.5, 0.6) is 0 Å². The van der Waals surface area contributed by atoms with E-state index in [0.717, 1.165) is 0 Å². The number of halogens is 2. The van der Waals surface area contributed by atoms with Gasteiger partial charge in [-0.05, 0) is 42.0 Å². The summed E-state index contributed by atoms with van der Waals surface area (Å²) in [5.74, 6) is -1.62. The van der Waals surface area contributed by atoms with Crippen molar-refractivity contribution in [3.8, 4) is 0 Å². The van der Waals surface area contributed by atoms with E-state index >= 15 is 0 Å². The third-order valence-corrected chi connectivity index (χ3v) is 4.09. The Hall–Kier alpha value is -3.51. The van der Waals surface area contributed by atoms with Crippen LogP contribution in [0.1, 0.15) is 26.3 Å². The third kappa shape index (κ3) is 4.81. The maximum absolute atomic E-state index is 13.6. The topological polar surface area (TPSA) is 70.6 Å². The number of benzene rings is 3. The zero-order valence-electron chi connectivity index (χ0n) is 14.5. The molecule has 0 saturated heterocycles. The van der Waals surface area contributed by atoms with Gasteiger partial charge in [-0.25, -0.2) is 9.82 Å². The number of hydrazone groups is 1. The predicted molar refractivity (Wildman–Crippen MR) is 107 cm³/mol. The zero-order chi connectivity index (χ0) is 19.9. The number of hydrogen-bond donors (Lipinski definition) is 2. The molecule has 5 nitrogen and oxygen atoms in total. The van der Waals surface area contributed by atoms with Crippen LogP contribution < -0.4 is 10.7 Å². The molecule has 2 amide bonds. The van der Waals surface area contributed by atoms with Crippen LogP contribution in [0.4, 0.5) is 10.1 Å². The molecule has 0 saturated carbocycles. The molecule has 7 heteroatoms. The molecule has 3 aromatic rings. The van der Waals surface area contributed by atoms with Gasteiger partial charge in [0.15, 0.2) is 0 Å². The number of carbonyl (C=O) groups is 2. The summed E-state index contributed by atoms with van der Waals surface area (Å²) < 4.78 is 13.6. The standard InChI is InChI=1S/C21H15ClFN3O2/c22-18-10-3-1-8-16(18)20(27)25-15-7-5-6-14(12-15)13-24-26-21(28)17-9-2-4-11-19(17)23/h1-13H,(H,25,27)(H,26,28)/b24-13-. The number of carbonyl (C=O) groups excluding carboxylic acids is 2. The molecular formula is C21H15ClFN3O2. The zero-order valence-corrected chi connectivity index (χ0v) is 15.3. The fourth-order valence-electron chi connectivity index (χ4n) is 2.41. The maximum atomic E-state index is 13.6. The van der Waals surface area contributed by atoms with Gasteiger partial charge < -0.3 is 5.32 Å². The highest BCUT2D eigenvalue weighted by Gasteiger charge is 2.10. The number of nitrogens with one attached hydrogen (secondary N) is 2. The van der Waals surface area contributed by atoms with Crippen molar-refractivity contribution in [1.82, 2.24) is 5.43 Å². The van der Waals surface area contributed by atoms with Gasteiger partial charge >= 0.3 is 0 Å². The highest BCUT2D eigenvalue weighted by molar-refractivity contribution is 6.34. The largest absolute Gasteiger partial charge is 0.322 e. The maximum Gasteiger partial charge on any atom is 0.274 e. The highest BCUT2D eigenvalue weighted by atomic mass is 35.5. The molecule has 3 aromatic carbocycles. The first-order valence-corrected chi connectivity index (χ1v) is 8.66. The van der Waals surface area contributed by atoms with Crippen LogP contribution >= 0.6 is 11.6 Å². The van der Waals surface area contributed by atoms with E-state index in [1.807, 2.05) is 0 Å². The Balaban J connectivity index is 1.66. The van der Waals surface area contributed by atoms with Crippen molar-refractivity contribution < 1.29 is 14.0 Å². The molecule has 28 heavy (non-hydrogen) atoms. The number of anilines is 1. The Morgan fingerprint density at radius 2 is 1.61 bits per heavy atom. The van der Waals surface area contributed by atoms with Gasteiger partial charge in [0.1, 0.15) is 5.82 Å². The normalized spacial score (nSPS) is 10.6. The van der Waals surface area contributed by atoms with Crippen molar-refractivity contribution >= 4 is 35.3 Å². The lowest BCUT2D eigenvalue weighted by Crippen LogP contribution is -2.19. The molecule has 0 bridgehead atoms. The van der Waals surface area contributed by atoms with Gasteiger partial charge in [0.2, 0.25) is 0 Å². The molecule has 0 aromatic heterocycles. The second kappa shape index (κ2) is 8.92. The minimum Gasteiger partial charge on any atom is -0.322 e. The Labute approximate surface area is 165 Å². The Morgan fingerprint density at radius 3 is 2.36 bits per heavy atom. The first kappa shape index (κ1) is 19.3. The summed E-state index contributed by atoms with van der Waals surface area (Å²) in [5.41, 5.74) is 3.70. The van der Waals surface area contributed by atoms with E-state index in [1.54, 1.807) is 54.6 Å². The third-order valence-electron chi connectivity index (χ3n) is 3.76. The first-order chi connectivity index (χ1) is 13.5. The molecular weight excluding hydrogens is 381 g/mol. The molecule has 0 aliphatic heterocycles. The van der Waals surface area contributed by atoms with Gasteiger partial charge in [0, 0.05) is 5.69 Å². The molecule has 3 rings (SSSR count). The summed E-state index contributed by atoms with van der Waals surface area (Å²) in [6.07, 6.45) is 1.39. The summed E-state index contributed by atoms with van der Waals surface area (Å²) >= 11 is 6.03. The molecule has 0 aliphatic rings. The van der Waals surface area contributed by atoms with Crippen molar-refractivity contribution in [2.24, 2.45) is 5.10 Å². The van der Waals surface area contributed by atoms with Gasteiger partial charge in [0.25, 0.3) is 11.8 Å². The number of hydrogen-bond acceptors (Lipinski definition) is 3. The summed E-state index contributed by atoms with van der Waals surface area (Å²) in [6.45, 7) is 0. The summed E-state index contributed by atoms with van der Waals surface area (Å²) in [4.78, 5) is 24.2. The van der Waals surface area contributed by atoms with Crippen molar-refractivity contribution in [3.63, 3.8) is 0 Å². The Bertz CT molecular complexity index is 1050. The predicted octanol–water partition coefficient (Wildman–Crippen LogP) is 4.50. The van der Waals surface area contributed by atoms with Crippen LogP contribution in [-0.4, -0.2) is 18.0 Å². The van der Waals surface area contributed by atoms with Crippen molar-refractivity contribution in [2.75, 3.05) is 5.32 Å². The molecule has 0 atom stereocenters. The minimum absolute atomic E-state index is 0.0968. The van der Waals surface area contributed by atoms with Gasteiger partial charge in [-0.15, -0.1) is 0 Å². The van der Waals surface area contributed by atoms with Crippen LogP contribution in [-0.2, 0) is 0 Å². The molecule has 0 spiro atoms. The van der Waals surface area contributed by atoms with E-state index < -0.39 is 11.7 Å². The van der Waals surface area contributed by atoms with Gasteiger partial charge in [-0.3, -0.25) is 9.59 Å². The van der Waals surface area contributed by atoms with E-state index in [2.05, 4.69) is 15.8 Å². The average Bonchev–Trinajstić information content (AvgIpc) is 2.69. The van der Waals surface area contributed by atoms with Crippen molar-refractivity contribution in [2.45, 2.75) is 0 Å². The van der Waals surface area contributed by atoms with Crippen LogP contribution in [0.25, 0.3) is 0 Å². The molecule has 0 heterocycles. The average molecular weight is 396 g/mol. The SMILES string of the molecule is O=C(N/N=C\c1cccc(NC(=O)c2ccccc2Cl)c1)c1ccccc1F. The molecule has 140 valence electrons. The molecule has 0 aliphatic carbocycles. The second-order valence-corrected chi connectivity index (χ2v) is 6.15. The Morgan fingerprint density at radius 1 is 0.893 bits per heavy atom. The fourth-order valence-corrected chi connectivity index (χ4v) is 2.63. The molecule has 2 N–H and O–H groups in total. The van der Waals surface area contributed by atoms with Crippen LogP contribution in [0.3, 0.4) is 0 Å². The van der Waals surface area contributed by atoms with E-state index in [9.17, 15) is 14.0 Å². The fraction of sp³-hybridized carbons (Fsp3) is 0. The first-order valence-electron chi connectivity index (χ1n) is 8.28. The lowest BCUT2D eigenvalue weighted by Gasteiger charge is -2.07. The highest BCUT2D eigenvalue weighted by Crippen LogP contribution is 2.17. The summed E-state index contributed by atoms with van der Waals surface area (Å²) in [7, 11) is 0. The van der Waals surface area contributed by atoms with Crippen LogP contribution in [0.2, 0.25) is 5.02 Å². The lowest BCUT2D eigenvalue weighted by atomic mass is 10.2. The number of rotatable bonds is 5. The monoisotopic (exact) mass is 395 g/mol. The minimum atomic E-state index is -0.655. The molecule has 0 radical (unpaired) electrons. The second-order valence-electron chi connectivity index (χ2n) is 5.74. The van der Waals surface area contributed by atoms with E-state index in [0.29, 0.717) is 21.8 Å². The van der Waals surface area contributed by atoms with E-state index in [-0.39, 0.29) is 11.5 Å². The van der Waals surface area contributed by atoms with Crippen molar-refractivity contribution in [3.05, 3.63) is 100 Å². The molecule has 0 fully saturated rings. The van der Waals surface area contributed by atoms with Gasteiger partial charge in [-0.2, -0.15) is 5.10 Å². The summed E-state index contributed by atoms with van der Waals surface area (Å²) in [5, 5.41) is 6.93. The van der Waals surface area contributed by atoms with E-state index in [4.69, 9.17) is 11.6 Å². The van der Waals surface area contributed by atoms with E-state index in [1.165, 1.54) is 24.4 Å². The lowest BCUT2D eigenvalue weighted by molar-refractivity contribution is 0.0950. The number of nitrogens with zero attached hydrogens (tertiary/aromatic N) is 1. The Kier molecular flexibility index (Phi) is 6.14. The van der Waals surface area contributed by atoms with Crippen molar-refractivity contribution in [1.29, 1.82) is 0 Å². The number of amides is 2. The summed E-state index contributed by atoms with van der Waals surface area (Å²) in [6, 6.07) is 19.2. The smallest absolute Gasteiger partial charge is 0.274 e. The van der Waals surface area contributed by atoms with Crippen LogP contribution in [0.15, 0.2) is 77.9 Å². The molecule has 0 unspecified atom stereocenters. The van der Waals surface area contributed by atoms with Crippen LogP contribution in [0, 0.1) is 5.82 Å². The van der Waals surface area contributed by atoms with Gasteiger partial charge in [0.05, 0.1) is 22.4 Å². The quantitative estimate of drug-likeness (QED) is 0.493.